The van der Waals surface area contributed by atoms with E-state index in [2.05, 4.69) is 0 Å². The molecule has 0 aliphatic carbocycles. The number of hydrogen-bond donors (Lipinski definition) is 1. The quantitative estimate of drug-likeness (QED) is 0.419. The molecule has 0 radical (unpaired) electrons. The van der Waals surface area contributed by atoms with Gasteiger partial charge in [0.25, 0.3) is 0 Å². The molecule has 0 saturated heterocycles. The molecule has 0 bridgehead atoms. The van der Waals surface area contributed by atoms with Crippen molar-refractivity contribution in [2.45, 2.75) is 0 Å². The van der Waals surface area contributed by atoms with E-state index in [4.69, 9.17) is 9.32 Å². The summed E-state index contributed by atoms with van der Waals surface area (Å²) in [6, 6.07) is 0. The molecule has 0 spiro atoms. The van der Waals surface area contributed by atoms with Crippen LogP contribution in [0.25, 0.3) is 0 Å². The summed E-state index contributed by atoms with van der Waals surface area (Å²) >= 11 is -0.167. The standard InChI is InChI=1S/ClHO2.Sb.3H/c2-1-3;;;;/h2H;;;;. The second-order valence-corrected chi connectivity index (χ2v) is 0.207. The maximum atomic E-state index is 8.35. The van der Waals surface area contributed by atoms with Gasteiger partial charge in [-0.2, -0.15) is 0 Å². The second kappa shape index (κ2) is 8.98. The molecule has 0 fully saturated rings. The molecule has 0 heterocycles. The van der Waals surface area contributed by atoms with Crippen LogP contribution in [0, 0.1) is 11.3 Å². The molecule has 0 unspecified atom stereocenters. The van der Waals surface area contributed by atoms with E-state index >= 15 is 0 Å². The average molecular weight is 193 g/mol. The van der Waals surface area contributed by atoms with Crippen molar-refractivity contribution in [1.29, 1.82) is 0 Å². The summed E-state index contributed by atoms with van der Waals surface area (Å²) in [4.78, 5) is 0. The van der Waals surface area contributed by atoms with Crippen molar-refractivity contribution >= 4 is 24.4 Å². The van der Waals surface area contributed by atoms with Crippen molar-refractivity contribution in [1.82, 2.24) is 0 Å². The Morgan fingerprint density at radius 2 is 1.75 bits per heavy atom. The van der Waals surface area contributed by atoms with Gasteiger partial charge in [-0.3, -0.25) is 0 Å². The fourth-order valence-corrected chi connectivity index (χ4v) is 0. The van der Waals surface area contributed by atoms with Gasteiger partial charge in [0.05, 0.1) is 0 Å². The van der Waals surface area contributed by atoms with Gasteiger partial charge in [0.15, 0.2) is 0 Å². The van der Waals surface area contributed by atoms with Crippen molar-refractivity contribution < 1.29 is 20.6 Å². The van der Waals surface area contributed by atoms with Gasteiger partial charge >= 0.3 is 35.8 Å². The molecule has 0 saturated carbocycles. The van der Waals surface area contributed by atoms with Gasteiger partial charge in [-0.05, 0) is 0 Å². The van der Waals surface area contributed by atoms with Crippen LogP contribution in [-0.2, 0) is 0 Å². The van der Waals surface area contributed by atoms with Crippen LogP contribution < -0.4 is 4.66 Å². The first-order valence-electron chi connectivity index (χ1n) is 0.323. The monoisotopic (exact) mass is 192 g/mol. The normalized spacial score (nSPS) is 4.50. The Bertz CT molecular complexity index is 6.00. The molecule has 4 heavy (non-hydrogen) atoms. The van der Waals surface area contributed by atoms with E-state index < -0.39 is 0 Å². The minimum atomic E-state index is -0.167. The minimum absolute atomic E-state index is 0. The van der Waals surface area contributed by atoms with Crippen LogP contribution in [-0.4, -0.2) is 29.1 Å². The Labute approximate surface area is 45.3 Å². The van der Waals surface area contributed by atoms with Crippen LogP contribution in [0.15, 0.2) is 0 Å². The molecule has 1 N–H and O–H groups in total. The second-order valence-electron chi connectivity index (χ2n) is 0.0690. The molecule has 0 atom stereocenters. The average Bonchev–Trinajstić information content (AvgIpc) is 0.918. The molecule has 2 nitrogen and oxygen atoms in total. The number of hydrogen-bond acceptors (Lipinski definition) is 2. The van der Waals surface area contributed by atoms with Gasteiger partial charge in [-0.25, -0.2) is 0 Å². The summed E-state index contributed by atoms with van der Waals surface area (Å²) in [5.41, 5.74) is 0. The van der Waals surface area contributed by atoms with Crippen LogP contribution in [0.5, 0.6) is 0 Å². The van der Waals surface area contributed by atoms with E-state index in [0.29, 0.717) is 0 Å². The van der Waals surface area contributed by atoms with E-state index in [1.54, 1.807) is 0 Å². The van der Waals surface area contributed by atoms with Crippen LogP contribution in [0.1, 0.15) is 0 Å². The Morgan fingerprint density at radius 1 is 1.75 bits per heavy atom. The summed E-state index contributed by atoms with van der Waals surface area (Å²) in [6.45, 7) is 0. The molecule has 28 valence electrons. The molecule has 0 aromatic rings. The van der Waals surface area contributed by atoms with Gasteiger partial charge in [0, 0.05) is 0 Å². The summed E-state index contributed by atoms with van der Waals surface area (Å²) < 4.78 is 15.2. The van der Waals surface area contributed by atoms with Crippen molar-refractivity contribution in [3.05, 3.63) is 0 Å². The van der Waals surface area contributed by atoms with E-state index in [1.165, 1.54) is 0 Å². The van der Waals surface area contributed by atoms with Crippen molar-refractivity contribution in [3.8, 4) is 0 Å². The predicted octanol–water partition coefficient (Wildman–Crippen LogP) is -2.93. The SMILES string of the molecule is [O-][Cl+]O.[SbH3]. The summed E-state index contributed by atoms with van der Waals surface area (Å²) in [5, 5.41) is 0. The number of rotatable bonds is 0. The van der Waals surface area contributed by atoms with Crippen LogP contribution >= 0.6 is 0 Å². The molecule has 4 heteroatoms. The Morgan fingerprint density at radius 3 is 1.75 bits per heavy atom. The van der Waals surface area contributed by atoms with Gasteiger partial charge < -0.3 is 4.66 Å². The summed E-state index contributed by atoms with van der Waals surface area (Å²) in [5.74, 6) is 0. The zero-order chi connectivity index (χ0) is 2.71. The first-order valence-corrected chi connectivity index (χ1v) is 0.970. The van der Waals surface area contributed by atoms with E-state index in [0.717, 1.165) is 0 Å². The van der Waals surface area contributed by atoms with E-state index in [1.807, 2.05) is 0 Å². The van der Waals surface area contributed by atoms with Crippen LogP contribution in [0.4, 0.5) is 0 Å². The topological polar surface area (TPSA) is 43.3 Å². The zero-order valence-corrected chi connectivity index (χ0v) is 6.73. The van der Waals surface area contributed by atoms with E-state index in [9.17, 15) is 0 Å². The Kier molecular flexibility index (Phi) is 20.0. The maximum absolute atomic E-state index is 8.35. The van der Waals surface area contributed by atoms with Gasteiger partial charge in [-0.15, -0.1) is 4.66 Å². The molecule has 0 aliphatic heterocycles. The van der Waals surface area contributed by atoms with Crippen molar-refractivity contribution in [2.75, 3.05) is 0 Å². The van der Waals surface area contributed by atoms with Gasteiger partial charge in [-0.1, -0.05) is 0 Å². The summed E-state index contributed by atoms with van der Waals surface area (Å²) in [7, 11) is 0. The predicted molar refractivity (Wildman–Crippen MR) is 12.2 cm³/mol. The fraction of sp³-hybridized carbons (Fsp3) is 0. The fourth-order valence-electron chi connectivity index (χ4n) is 0. The first-order chi connectivity index (χ1) is 1.41. The van der Waals surface area contributed by atoms with E-state index in [-0.39, 0.29) is 35.8 Å². The molecule has 0 aliphatic rings. The summed E-state index contributed by atoms with van der Waals surface area (Å²) in [6.07, 6.45) is 0. The molecule has 0 rings (SSSR count). The third-order valence-corrected chi connectivity index (χ3v) is 0. The first kappa shape index (κ1) is 8.90. The van der Waals surface area contributed by atoms with Crippen molar-refractivity contribution in [2.24, 2.45) is 0 Å². The molecular weight excluding hydrogens is 189 g/mol. The van der Waals surface area contributed by atoms with Gasteiger partial charge in [0.1, 0.15) is 0 Å². The molecule has 0 aromatic carbocycles. The Balaban J connectivity index is 0. The third-order valence-electron chi connectivity index (χ3n) is 0. The zero-order valence-electron chi connectivity index (χ0n) is 1.94. The molecular formula is H4ClO2Sb. The van der Waals surface area contributed by atoms with Gasteiger partial charge in [0.2, 0.25) is 0 Å². The van der Waals surface area contributed by atoms with Crippen LogP contribution in [0.3, 0.4) is 0 Å². The third kappa shape index (κ3) is 11.8. The van der Waals surface area contributed by atoms with Crippen LogP contribution in [0.2, 0.25) is 0 Å². The molecule has 0 amide bonds. The molecule has 0 aromatic heterocycles. The number of halogens is 1. The van der Waals surface area contributed by atoms with Crippen molar-refractivity contribution in [3.63, 3.8) is 0 Å². The Hall–Kier alpha value is 1.03.